The first kappa shape index (κ1) is 16.4. The van der Waals surface area contributed by atoms with Gasteiger partial charge in [0.1, 0.15) is 11.6 Å². The summed E-state index contributed by atoms with van der Waals surface area (Å²) in [4.78, 5) is 11.9. The second kappa shape index (κ2) is 6.68. The van der Waals surface area contributed by atoms with Gasteiger partial charge >= 0.3 is 0 Å². The second-order valence-electron chi connectivity index (χ2n) is 7.05. The van der Waals surface area contributed by atoms with Crippen LogP contribution in [0.15, 0.2) is 42.7 Å². The molecule has 4 rings (SSSR count). The first-order valence-electron chi connectivity index (χ1n) is 8.96. The van der Waals surface area contributed by atoms with Crippen LogP contribution in [-0.2, 0) is 0 Å². The lowest BCUT2D eigenvalue weighted by molar-refractivity contribution is 0.453. The summed E-state index contributed by atoms with van der Waals surface area (Å²) in [6, 6.07) is 10.6. The molecule has 1 fully saturated rings. The molecule has 1 aromatic carbocycles. The van der Waals surface area contributed by atoms with Gasteiger partial charge in [-0.15, -0.1) is 0 Å². The van der Waals surface area contributed by atoms with Gasteiger partial charge in [0.25, 0.3) is 0 Å². The quantitative estimate of drug-likeness (QED) is 0.660. The molecular weight excluding hydrogens is 332 g/mol. The van der Waals surface area contributed by atoms with Crippen molar-refractivity contribution in [3.8, 4) is 0 Å². The minimum atomic E-state index is 0.436. The third-order valence-corrected chi connectivity index (χ3v) is 5.33. The molecule has 0 radical (unpaired) electrons. The highest BCUT2D eigenvalue weighted by Gasteiger charge is 2.26. The Morgan fingerprint density at radius 2 is 2.08 bits per heavy atom. The molecule has 4 nitrogen and oxygen atoms in total. The van der Waals surface area contributed by atoms with Gasteiger partial charge in [-0.05, 0) is 44.9 Å². The van der Waals surface area contributed by atoms with E-state index in [0.717, 1.165) is 36.2 Å². The van der Waals surface area contributed by atoms with E-state index in [1.165, 1.54) is 12.2 Å². The third-order valence-electron chi connectivity index (χ3n) is 5.02. The van der Waals surface area contributed by atoms with Crippen LogP contribution < -0.4 is 4.90 Å². The van der Waals surface area contributed by atoms with Gasteiger partial charge in [-0.1, -0.05) is 23.7 Å². The van der Waals surface area contributed by atoms with Crippen molar-refractivity contribution in [3.63, 3.8) is 0 Å². The predicted octanol–water partition coefficient (Wildman–Crippen LogP) is 5.05. The molecule has 1 atom stereocenters. The van der Waals surface area contributed by atoms with E-state index in [4.69, 9.17) is 16.6 Å². The number of rotatable bonds is 3. The van der Waals surface area contributed by atoms with E-state index in [1.807, 2.05) is 18.3 Å². The fourth-order valence-electron chi connectivity index (χ4n) is 3.75. The summed E-state index contributed by atoms with van der Waals surface area (Å²) >= 11 is 6.34. The summed E-state index contributed by atoms with van der Waals surface area (Å²) < 4.78 is 2.29. The number of fused-ring (bicyclic) bond motifs is 1. The van der Waals surface area contributed by atoms with Crippen molar-refractivity contribution in [2.75, 3.05) is 18.0 Å². The average molecular weight is 355 g/mol. The standard InChI is InChI=1S/C20H23ClN4/c1-14(2)25-12-10-22-20(25)16-6-4-11-24(13-16)18-9-8-15-5-3-7-17(21)19(15)23-18/h3,5,7-10,12,14,16H,4,6,11,13H2,1-2H3. The van der Waals surface area contributed by atoms with Crippen LogP contribution in [0.25, 0.3) is 10.9 Å². The van der Waals surface area contributed by atoms with Gasteiger partial charge in [-0.25, -0.2) is 9.97 Å². The van der Waals surface area contributed by atoms with Gasteiger partial charge in [-0.2, -0.15) is 0 Å². The van der Waals surface area contributed by atoms with Crippen LogP contribution in [0.3, 0.4) is 0 Å². The Hall–Kier alpha value is -2.07. The van der Waals surface area contributed by atoms with E-state index in [0.29, 0.717) is 17.0 Å². The highest BCUT2D eigenvalue weighted by Crippen LogP contribution is 2.31. The van der Waals surface area contributed by atoms with Gasteiger partial charge in [0.15, 0.2) is 0 Å². The number of anilines is 1. The number of piperidine rings is 1. The molecule has 0 saturated carbocycles. The Balaban J connectivity index is 1.63. The summed E-state index contributed by atoms with van der Waals surface area (Å²) in [5.41, 5.74) is 0.882. The van der Waals surface area contributed by atoms with Crippen LogP contribution in [0.1, 0.15) is 44.5 Å². The lowest BCUT2D eigenvalue weighted by atomic mass is 9.96. The lowest BCUT2D eigenvalue weighted by Crippen LogP contribution is -2.36. The van der Waals surface area contributed by atoms with Gasteiger partial charge in [0.2, 0.25) is 0 Å². The minimum absolute atomic E-state index is 0.436. The fourth-order valence-corrected chi connectivity index (χ4v) is 3.97. The van der Waals surface area contributed by atoms with Gasteiger partial charge in [0, 0.05) is 42.8 Å². The molecule has 0 N–H and O–H groups in total. The fraction of sp³-hybridized carbons (Fsp3) is 0.400. The van der Waals surface area contributed by atoms with Crippen LogP contribution >= 0.6 is 11.6 Å². The summed E-state index contributed by atoms with van der Waals surface area (Å²) in [7, 11) is 0. The molecule has 25 heavy (non-hydrogen) atoms. The normalized spacial score (nSPS) is 18.2. The lowest BCUT2D eigenvalue weighted by Gasteiger charge is -2.34. The van der Waals surface area contributed by atoms with Crippen molar-refractivity contribution in [2.24, 2.45) is 0 Å². The maximum Gasteiger partial charge on any atom is 0.129 e. The minimum Gasteiger partial charge on any atom is -0.356 e. The number of benzene rings is 1. The number of imidazole rings is 1. The summed E-state index contributed by atoms with van der Waals surface area (Å²) in [5.74, 6) is 2.64. The van der Waals surface area contributed by atoms with E-state index in [2.05, 4.69) is 52.7 Å². The largest absolute Gasteiger partial charge is 0.356 e. The molecule has 0 amide bonds. The second-order valence-corrected chi connectivity index (χ2v) is 7.46. The van der Waals surface area contributed by atoms with Crippen molar-refractivity contribution < 1.29 is 0 Å². The number of aromatic nitrogens is 3. The maximum atomic E-state index is 6.34. The molecule has 1 unspecified atom stereocenters. The Morgan fingerprint density at radius 1 is 1.20 bits per heavy atom. The molecule has 130 valence electrons. The molecule has 1 aliphatic rings. The van der Waals surface area contributed by atoms with E-state index >= 15 is 0 Å². The van der Waals surface area contributed by atoms with Gasteiger partial charge in [-0.3, -0.25) is 0 Å². The molecular formula is C20H23ClN4. The summed E-state index contributed by atoms with van der Waals surface area (Å²) in [5, 5.41) is 1.79. The molecule has 5 heteroatoms. The SMILES string of the molecule is CC(C)n1ccnc1C1CCCN(c2ccc3cccc(Cl)c3n2)C1. The molecule has 0 aliphatic carbocycles. The average Bonchev–Trinajstić information content (AvgIpc) is 3.12. The Kier molecular flexibility index (Phi) is 4.38. The maximum absolute atomic E-state index is 6.34. The van der Waals surface area contributed by atoms with Gasteiger partial charge in [0.05, 0.1) is 10.5 Å². The number of pyridine rings is 1. The van der Waals surface area contributed by atoms with Crippen molar-refractivity contribution in [1.29, 1.82) is 0 Å². The first-order valence-corrected chi connectivity index (χ1v) is 9.34. The third kappa shape index (κ3) is 3.11. The number of nitrogens with zero attached hydrogens (tertiary/aromatic N) is 4. The van der Waals surface area contributed by atoms with Crippen molar-refractivity contribution >= 4 is 28.3 Å². The zero-order valence-corrected chi connectivity index (χ0v) is 15.4. The van der Waals surface area contributed by atoms with E-state index in [9.17, 15) is 0 Å². The van der Waals surface area contributed by atoms with E-state index < -0.39 is 0 Å². The molecule has 3 aromatic rings. The molecule has 1 aliphatic heterocycles. The highest BCUT2D eigenvalue weighted by atomic mass is 35.5. The molecule has 0 spiro atoms. The van der Waals surface area contributed by atoms with Crippen LogP contribution in [-0.4, -0.2) is 27.6 Å². The number of para-hydroxylation sites is 1. The van der Waals surface area contributed by atoms with E-state index in [-0.39, 0.29) is 0 Å². The Bertz CT molecular complexity index is 886. The first-order chi connectivity index (χ1) is 12.1. The van der Waals surface area contributed by atoms with Crippen molar-refractivity contribution in [3.05, 3.63) is 53.6 Å². The zero-order chi connectivity index (χ0) is 17.4. The summed E-state index contributed by atoms with van der Waals surface area (Å²) in [6.45, 7) is 6.39. The van der Waals surface area contributed by atoms with Crippen LogP contribution in [0, 0.1) is 0 Å². The Morgan fingerprint density at radius 3 is 2.92 bits per heavy atom. The Labute approximate surface area is 153 Å². The predicted molar refractivity (Wildman–Crippen MR) is 104 cm³/mol. The van der Waals surface area contributed by atoms with Crippen LogP contribution in [0.4, 0.5) is 5.82 Å². The molecule has 2 aromatic heterocycles. The molecule has 3 heterocycles. The number of hydrogen-bond acceptors (Lipinski definition) is 3. The van der Waals surface area contributed by atoms with Crippen LogP contribution in [0.2, 0.25) is 5.02 Å². The summed E-state index contributed by atoms with van der Waals surface area (Å²) in [6.07, 6.45) is 6.34. The van der Waals surface area contributed by atoms with Crippen LogP contribution in [0.5, 0.6) is 0 Å². The molecule has 0 bridgehead atoms. The highest BCUT2D eigenvalue weighted by molar-refractivity contribution is 6.35. The van der Waals surface area contributed by atoms with Crippen molar-refractivity contribution in [2.45, 2.75) is 38.6 Å². The topological polar surface area (TPSA) is 34.0 Å². The number of hydrogen-bond donors (Lipinski definition) is 0. The monoisotopic (exact) mass is 354 g/mol. The van der Waals surface area contributed by atoms with Gasteiger partial charge < -0.3 is 9.47 Å². The number of halogens is 1. The van der Waals surface area contributed by atoms with E-state index in [1.54, 1.807) is 0 Å². The van der Waals surface area contributed by atoms with Crippen molar-refractivity contribution in [1.82, 2.24) is 14.5 Å². The molecule has 1 saturated heterocycles. The zero-order valence-electron chi connectivity index (χ0n) is 14.7. The smallest absolute Gasteiger partial charge is 0.129 e.